The van der Waals surface area contributed by atoms with Gasteiger partial charge in [0.15, 0.2) is 4.90 Å². The maximum atomic E-state index is 12.3. The fraction of sp³-hybridized carbons (Fsp3) is 0.400. The molecule has 1 aliphatic rings. The molecule has 2 atom stereocenters. The summed E-state index contributed by atoms with van der Waals surface area (Å²) in [7, 11) is -4.11. The second-order valence-electron chi connectivity index (χ2n) is 4.18. The third-order valence-electron chi connectivity index (χ3n) is 2.91. The average molecular weight is 288 g/mol. The van der Waals surface area contributed by atoms with E-state index >= 15 is 0 Å². The number of aliphatic hydroxyl groups excluding tert-OH is 2. The first-order chi connectivity index (χ1) is 8.84. The molecule has 1 saturated heterocycles. The summed E-state index contributed by atoms with van der Waals surface area (Å²) >= 11 is 0. The molecule has 0 saturated carbocycles. The number of sulfonamides is 1. The normalized spacial score (nSPS) is 24.5. The van der Waals surface area contributed by atoms with Gasteiger partial charge in [0, 0.05) is 19.2 Å². The van der Waals surface area contributed by atoms with Gasteiger partial charge in [0.2, 0.25) is 10.0 Å². The number of nitrogens with zero attached hydrogens (tertiary/aromatic N) is 2. The van der Waals surface area contributed by atoms with Gasteiger partial charge in [-0.3, -0.25) is 10.1 Å². The van der Waals surface area contributed by atoms with Crippen LogP contribution in [0.4, 0.5) is 5.69 Å². The van der Waals surface area contributed by atoms with Crippen LogP contribution in [0.1, 0.15) is 0 Å². The minimum atomic E-state index is -4.11. The lowest BCUT2D eigenvalue weighted by Crippen LogP contribution is -2.30. The summed E-state index contributed by atoms with van der Waals surface area (Å²) in [6.45, 7) is -0.564. The van der Waals surface area contributed by atoms with E-state index in [1.807, 2.05) is 0 Å². The molecule has 0 radical (unpaired) electrons. The summed E-state index contributed by atoms with van der Waals surface area (Å²) in [5.41, 5.74) is -0.529. The molecule has 0 spiro atoms. The minimum absolute atomic E-state index is 0.282. The van der Waals surface area contributed by atoms with E-state index in [1.54, 1.807) is 0 Å². The molecule has 0 aliphatic carbocycles. The minimum Gasteiger partial charge on any atom is -0.389 e. The second kappa shape index (κ2) is 4.85. The first kappa shape index (κ1) is 13.9. The number of nitro benzene ring substituents is 1. The van der Waals surface area contributed by atoms with E-state index in [9.17, 15) is 28.7 Å². The molecule has 8 nitrogen and oxygen atoms in total. The number of hydrogen-bond acceptors (Lipinski definition) is 6. The lowest BCUT2D eigenvalue weighted by Gasteiger charge is -2.15. The maximum Gasteiger partial charge on any atom is 0.289 e. The first-order valence-electron chi connectivity index (χ1n) is 5.43. The Balaban J connectivity index is 2.44. The fourth-order valence-electron chi connectivity index (χ4n) is 1.90. The van der Waals surface area contributed by atoms with Gasteiger partial charge < -0.3 is 10.2 Å². The van der Waals surface area contributed by atoms with E-state index in [0.29, 0.717) is 0 Å². The smallest absolute Gasteiger partial charge is 0.289 e. The van der Waals surface area contributed by atoms with E-state index in [4.69, 9.17) is 0 Å². The summed E-state index contributed by atoms with van der Waals surface area (Å²) in [4.78, 5) is 9.61. The Morgan fingerprint density at radius 2 is 1.74 bits per heavy atom. The molecule has 104 valence electrons. The largest absolute Gasteiger partial charge is 0.389 e. The summed E-state index contributed by atoms with van der Waals surface area (Å²) in [6.07, 6.45) is -2.37. The van der Waals surface area contributed by atoms with Gasteiger partial charge >= 0.3 is 0 Å². The van der Waals surface area contributed by atoms with Crippen molar-refractivity contribution < 1.29 is 23.6 Å². The quantitative estimate of drug-likeness (QED) is 0.561. The zero-order valence-electron chi connectivity index (χ0n) is 9.71. The third kappa shape index (κ3) is 2.45. The highest BCUT2D eigenvalue weighted by atomic mass is 32.2. The number of hydrogen-bond donors (Lipinski definition) is 2. The van der Waals surface area contributed by atoms with Gasteiger partial charge in [-0.1, -0.05) is 12.1 Å². The average Bonchev–Trinajstić information content (AvgIpc) is 2.70. The van der Waals surface area contributed by atoms with Crippen LogP contribution in [0.15, 0.2) is 29.2 Å². The van der Waals surface area contributed by atoms with Crippen molar-refractivity contribution in [2.45, 2.75) is 17.1 Å². The van der Waals surface area contributed by atoms with Gasteiger partial charge in [0.25, 0.3) is 5.69 Å². The number of nitro groups is 1. The predicted octanol–water partition coefficient (Wildman–Crippen LogP) is -0.679. The van der Waals surface area contributed by atoms with Crippen LogP contribution in [-0.2, 0) is 10.0 Å². The van der Waals surface area contributed by atoms with Crippen molar-refractivity contribution in [1.29, 1.82) is 0 Å². The molecule has 1 heterocycles. The Morgan fingerprint density at radius 1 is 1.21 bits per heavy atom. The molecule has 0 bridgehead atoms. The van der Waals surface area contributed by atoms with E-state index in [-0.39, 0.29) is 13.1 Å². The Hall–Kier alpha value is -1.55. The standard InChI is InChI=1S/C10H12N2O6S/c13-8-5-11(6-9(8)14)19(17,18)10-4-2-1-3-7(10)12(15)16/h1-4,8-9,13-14H,5-6H2. The summed E-state index contributed by atoms with van der Waals surface area (Å²) in [5, 5.41) is 29.6. The molecule has 9 heteroatoms. The van der Waals surface area contributed by atoms with Crippen molar-refractivity contribution in [2.24, 2.45) is 0 Å². The van der Waals surface area contributed by atoms with Crippen molar-refractivity contribution in [3.8, 4) is 0 Å². The van der Waals surface area contributed by atoms with Gasteiger partial charge in [-0.2, -0.15) is 4.31 Å². The molecule has 0 aromatic heterocycles. The van der Waals surface area contributed by atoms with E-state index in [0.717, 1.165) is 16.4 Å². The highest BCUT2D eigenvalue weighted by Gasteiger charge is 2.40. The number of benzene rings is 1. The highest BCUT2D eigenvalue weighted by molar-refractivity contribution is 7.89. The molecule has 1 aromatic rings. The van der Waals surface area contributed by atoms with Crippen LogP contribution in [0, 0.1) is 10.1 Å². The zero-order chi connectivity index (χ0) is 14.2. The predicted molar refractivity (Wildman–Crippen MR) is 63.9 cm³/mol. The van der Waals surface area contributed by atoms with Crippen LogP contribution < -0.4 is 0 Å². The lowest BCUT2D eigenvalue weighted by atomic mass is 10.3. The molecule has 2 N–H and O–H groups in total. The summed E-state index contributed by atoms with van der Waals surface area (Å²) in [6, 6.07) is 4.97. The summed E-state index contributed by atoms with van der Waals surface area (Å²) < 4.78 is 25.3. The number of para-hydroxylation sites is 1. The Morgan fingerprint density at radius 3 is 2.26 bits per heavy atom. The Labute approximate surface area is 109 Å². The third-order valence-corrected chi connectivity index (χ3v) is 4.78. The van der Waals surface area contributed by atoms with Crippen LogP contribution >= 0.6 is 0 Å². The molecule has 2 unspecified atom stereocenters. The SMILES string of the molecule is O=[N+]([O-])c1ccccc1S(=O)(=O)N1CC(O)C(O)C1. The van der Waals surface area contributed by atoms with Crippen molar-refractivity contribution in [3.63, 3.8) is 0 Å². The molecule has 19 heavy (non-hydrogen) atoms. The number of rotatable bonds is 3. The topological polar surface area (TPSA) is 121 Å². The fourth-order valence-corrected chi connectivity index (χ4v) is 3.53. The van der Waals surface area contributed by atoms with E-state index in [2.05, 4.69) is 0 Å². The molecular weight excluding hydrogens is 276 g/mol. The Kier molecular flexibility index (Phi) is 3.54. The van der Waals surface area contributed by atoms with Gasteiger partial charge in [-0.25, -0.2) is 8.42 Å². The molecule has 1 aliphatic heterocycles. The highest BCUT2D eigenvalue weighted by Crippen LogP contribution is 2.28. The zero-order valence-corrected chi connectivity index (χ0v) is 10.5. The van der Waals surface area contributed by atoms with Crippen molar-refractivity contribution in [2.75, 3.05) is 13.1 Å². The maximum absolute atomic E-state index is 12.3. The molecule has 0 amide bonds. The van der Waals surface area contributed by atoms with Crippen LogP contribution in [-0.4, -0.2) is 53.2 Å². The summed E-state index contributed by atoms with van der Waals surface area (Å²) in [5.74, 6) is 0. The molecule has 1 aromatic carbocycles. The number of β-amino-alcohol motifs (C(OH)–C–C–N with tert-alkyl or cyclic N) is 2. The lowest BCUT2D eigenvalue weighted by molar-refractivity contribution is -0.387. The van der Waals surface area contributed by atoms with Gasteiger partial charge in [0.1, 0.15) is 0 Å². The Bertz CT molecular complexity index is 592. The van der Waals surface area contributed by atoms with Crippen LogP contribution in [0.2, 0.25) is 0 Å². The second-order valence-corrected chi connectivity index (χ2v) is 6.09. The monoisotopic (exact) mass is 288 g/mol. The number of aliphatic hydroxyl groups is 2. The van der Waals surface area contributed by atoms with Crippen LogP contribution in [0.25, 0.3) is 0 Å². The van der Waals surface area contributed by atoms with Crippen LogP contribution in [0.3, 0.4) is 0 Å². The van der Waals surface area contributed by atoms with Gasteiger partial charge in [-0.05, 0) is 6.07 Å². The first-order valence-corrected chi connectivity index (χ1v) is 6.87. The van der Waals surface area contributed by atoms with Crippen molar-refractivity contribution in [3.05, 3.63) is 34.4 Å². The van der Waals surface area contributed by atoms with Gasteiger partial charge in [0.05, 0.1) is 17.1 Å². The van der Waals surface area contributed by atoms with E-state index in [1.165, 1.54) is 12.1 Å². The van der Waals surface area contributed by atoms with Crippen molar-refractivity contribution in [1.82, 2.24) is 4.31 Å². The van der Waals surface area contributed by atoms with Gasteiger partial charge in [-0.15, -0.1) is 0 Å². The van der Waals surface area contributed by atoms with E-state index < -0.39 is 37.7 Å². The van der Waals surface area contributed by atoms with Crippen molar-refractivity contribution >= 4 is 15.7 Å². The molecule has 1 fully saturated rings. The molecule has 2 rings (SSSR count). The van der Waals surface area contributed by atoms with Crippen LogP contribution in [0.5, 0.6) is 0 Å². The molecular formula is C10H12N2O6S.